The van der Waals surface area contributed by atoms with Gasteiger partial charge >= 0.3 is 4.87 Å². The van der Waals surface area contributed by atoms with E-state index in [1.54, 1.807) is 53.1 Å². The lowest BCUT2D eigenvalue weighted by molar-refractivity contribution is -0.114. The van der Waals surface area contributed by atoms with Crippen LogP contribution in [0.25, 0.3) is 10.2 Å². The van der Waals surface area contributed by atoms with Crippen molar-refractivity contribution >= 4 is 48.9 Å². The second kappa shape index (κ2) is 10.4. The molecule has 0 atom stereocenters. The van der Waals surface area contributed by atoms with Crippen LogP contribution in [0.2, 0.25) is 0 Å². The van der Waals surface area contributed by atoms with Gasteiger partial charge < -0.3 is 14.8 Å². The molecular weight excluding hydrogens is 502 g/mol. The van der Waals surface area contributed by atoms with Crippen LogP contribution in [0.5, 0.6) is 11.5 Å². The van der Waals surface area contributed by atoms with E-state index in [1.165, 1.54) is 32.4 Å². The average molecular weight is 528 g/mol. The van der Waals surface area contributed by atoms with Gasteiger partial charge in [-0.25, -0.2) is 8.42 Å². The molecule has 9 nitrogen and oxygen atoms in total. The Morgan fingerprint density at radius 3 is 2.39 bits per heavy atom. The van der Waals surface area contributed by atoms with Crippen molar-refractivity contribution in [3.8, 4) is 11.5 Å². The number of thiazole rings is 1. The number of sulfonamides is 1. The van der Waals surface area contributed by atoms with Crippen molar-refractivity contribution in [1.82, 2.24) is 4.57 Å². The van der Waals surface area contributed by atoms with Gasteiger partial charge in [-0.1, -0.05) is 29.5 Å². The predicted octanol–water partition coefficient (Wildman–Crippen LogP) is 3.93. The van der Waals surface area contributed by atoms with Crippen LogP contribution in [0.15, 0.2) is 76.4 Å². The van der Waals surface area contributed by atoms with Crippen LogP contribution < -0.4 is 24.0 Å². The van der Waals surface area contributed by atoms with Crippen molar-refractivity contribution in [2.45, 2.75) is 18.4 Å². The standard InChI is InChI=1S/C25H25N3O6S2/c1-4-27-20-12-10-17(14-23(20)35-25(27)30)26-24(29)16-28(18-8-6-5-7-9-18)36(31,32)19-11-13-21(33-2)22(15-19)34-3/h5-15H,4,16H2,1-3H3,(H,26,29). The molecule has 0 aliphatic heterocycles. The summed E-state index contributed by atoms with van der Waals surface area (Å²) in [5, 5.41) is 2.75. The lowest BCUT2D eigenvalue weighted by Crippen LogP contribution is -2.38. The van der Waals surface area contributed by atoms with Crippen molar-refractivity contribution in [1.29, 1.82) is 0 Å². The summed E-state index contributed by atoms with van der Waals surface area (Å²) in [5.41, 5.74) is 1.58. The maximum atomic E-state index is 13.7. The van der Waals surface area contributed by atoms with Gasteiger partial charge in [-0.3, -0.25) is 18.5 Å². The average Bonchev–Trinajstić information content (AvgIpc) is 3.21. The molecular formula is C25H25N3O6S2. The third kappa shape index (κ3) is 4.93. The molecule has 0 saturated carbocycles. The van der Waals surface area contributed by atoms with Crippen molar-refractivity contribution in [3.05, 3.63) is 76.4 Å². The number of benzene rings is 3. The lowest BCUT2D eigenvalue weighted by atomic mass is 10.3. The Bertz CT molecular complexity index is 1560. The topological polar surface area (TPSA) is 107 Å². The molecule has 0 bridgehead atoms. The smallest absolute Gasteiger partial charge is 0.308 e. The molecule has 0 saturated heterocycles. The van der Waals surface area contributed by atoms with Crippen LogP contribution in [0, 0.1) is 0 Å². The number of anilines is 2. The minimum Gasteiger partial charge on any atom is -0.493 e. The fourth-order valence-corrected chi connectivity index (χ4v) is 6.22. The first-order chi connectivity index (χ1) is 17.3. The highest BCUT2D eigenvalue weighted by molar-refractivity contribution is 7.92. The third-order valence-electron chi connectivity index (χ3n) is 5.54. The van der Waals surface area contributed by atoms with E-state index in [0.29, 0.717) is 23.7 Å². The third-order valence-corrected chi connectivity index (χ3v) is 8.25. The Hall–Kier alpha value is -3.83. The van der Waals surface area contributed by atoms with Gasteiger partial charge in [-0.2, -0.15) is 0 Å². The molecule has 1 N–H and O–H groups in total. The number of aryl methyl sites for hydroxylation is 1. The summed E-state index contributed by atoms with van der Waals surface area (Å²) in [6.45, 7) is 1.97. The highest BCUT2D eigenvalue weighted by atomic mass is 32.2. The molecule has 36 heavy (non-hydrogen) atoms. The number of nitrogens with zero attached hydrogens (tertiary/aromatic N) is 2. The second-order valence-electron chi connectivity index (χ2n) is 7.71. The number of carbonyl (C=O) groups is 1. The number of fused-ring (bicyclic) bond motifs is 1. The zero-order valence-corrected chi connectivity index (χ0v) is 21.6. The number of hydrogen-bond acceptors (Lipinski definition) is 7. The molecule has 0 aliphatic rings. The number of hydrogen-bond donors (Lipinski definition) is 1. The fraction of sp³-hybridized carbons (Fsp3) is 0.200. The molecule has 4 rings (SSSR count). The van der Waals surface area contributed by atoms with Gasteiger partial charge in [-0.15, -0.1) is 0 Å². The summed E-state index contributed by atoms with van der Waals surface area (Å²) >= 11 is 1.09. The Morgan fingerprint density at radius 2 is 1.72 bits per heavy atom. The van der Waals surface area contributed by atoms with E-state index in [9.17, 15) is 18.0 Å². The SMILES string of the molecule is CCn1c(=O)sc2cc(NC(=O)CN(c3ccccc3)S(=O)(=O)c3ccc(OC)c(OC)c3)ccc21. The Kier molecular flexibility index (Phi) is 7.32. The lowest BCUT2D eigenvalue weighted by Gasteiger charge is -2.24. The summed E-state index contributed by atoms with van der Waals surface area (Å²) in [6.07, 6.45) is 0. The van der Waals surface area contributed by atoms with Crippen molar-refractivity contribution < 1.29 is 22.7 Å². The predicted molar refractivity (Wildman–Crippen MR) is 141 cm³/mol. The number of carbonyl (C=O) groups excluding carboxylic acids is 1. The maximum absolute atomic E-state index is 13.7. The van der Waals surface area contributed by atoms with Crippen molar-refractivity contribution in [2.75, 3.05) is 30.4 Å². The summed E-state index contributed by atoms with van der Waals surface area (Å²) < 4.78 is 41.2. The van der Waals surface area contributed by atoms with E-state index >= 15 is 0 Å². The zero-order valence-electron chi connectivity index (χ0n) is 19.9. The Labute approximate surface area is 212 Å². The summed E-state index contributed by atoms with van der Waals surface area (Å²) in [7, 11) is -1.27. The molecule has 1 amide bonds. The number of nitrogens with one attached hydrogen (secondary N) is 1. The molecule has 3 aromatic carbocycles. The number of methoxy groups -OCH3 is 2. The highest BCUT2D eigenvalue weighted by Gasteiger charge is 2.28. The second-order valence-corrected chi connectivity index (χ2v) is 10.6. The molecule has 188 valence electrons. The normalized spacial score (nSPS) is 11.3. The van der Waals surface area contributed by atoms with Crippen LogP contribution >= 0.6 is 11.3 Å². The number of ether oxygens (including phenoxy) is 2. The fourth-order valence-electron chi connectivity index (χ4n) is 3.79. The number of aromatic nitrogens is 1. The largest absolute Gasteiger partial charge is 0.493 e. The Morgan fingerprint density at radius 1 is 1.00 bits per heavy atom. The maximum Gasteiger partial charge on any atom is 0.308 e. The van der Waals surface area contributed by atoms with Gasteiger partial charge in [0.2, 0.25) is 5.91 Å². The van der Waals surface area contributed by atoms with E-state index in [1.807, 2.05) is 6.92 Å². The summed E-state index contributed by atoms with van der Waals surface area (Å²) in [4.78, 5) is 25.0. The summed E-state index contributed by atoms with van der Waals surface area (Å²) in [5.74, 6) is 0.0990. The number of rotatable bonds is 9. The van der Waals surface area contributed by atoms with Crippen LogP contribution in [-0.2, 0) is 21.4 Å². The van der Waals surface area contributed by atoms with E-state index in [4.69, 9.17) is 9.47 Å². The van der Waals surface area contributed by atoms with E-state index < -0.39 is 22.5 Å². The summed E-state index contributed by atoms with van der Waals surface area (Å²) in [6, 6.07) is 17.8. The van der Waals surface area contributed by atoms with Crippen LogP contribution in [0.3, 0.4) is 0 Å². The first kappa shape index (κ1) is 25.3. The monoisotopic (exact) mass is 527 g/mol. The van der Waals surface area contributed by atoms with Gasteiger partial charge in [-0.05, 0) is 49.4 Å². The van der Waals surface area contributed by atoms with Crippen LogP contribution in [-0.4, -0.2) is 39.7 Å². The minimum absolute atomic E-state index is 0.0519. The first-order valence-corrected chi connectivity index (χ1v) is 13.3. The number of para-hydroxylation sites is 1. The van der Waals surface area contributed by atoms with Crippen molar-refractivity contribution in [2.24, 2.45) is 0 Å². The van der Waals surface area contributed by atoms with Crippen LogP contribution in [0.4, 0.5) is 11.4 Å². The molecule has 11 heteroatoms. The highest BCUT2D eigenvalue weighted by Crippen LogP contribution is 2.32. The molecule has 4 aromatic rings. The molecule has 0 aliphatic carbocycles. The van der Waals surface area contributed by atoms with Gasteiger partial charge in [0, 0.05) is 18.3 Å². The molecule has 0 radical (unpaired) electrons. The molecule has 0 spiro atoms. The van der Waals surface area contributed by atoms with Gasteiger partial charge in [0.1, 0.15) is 6.54 Å². The Balaban J connectivity index is 1.65. The zero-order chi connectivity index (χ0) is 25.9. The molecule has 1 heterocycles. The van der Waals surface area contributed by atoms with Gasteiger partial charge in [0.25, 0.3) is 10.0 Å². The number of amides is 1. The van der Waals surface area contributed by atoms with Gasteiger partial charge in [0.15, 0.2) is 11.5 Å². The van der Waals surface area contributed by atoms with E-state index in [0.717, 1.165) is 25.9 Å². The quantitative estimate of drug-likeness (QED) is 0.353. The van der Waals surface area contributed by atoms with Crippen molar-refractivity contribution in [3.63, 3.8) is 0 Å². The molecule has 0 fully saturated rings. The first-order valence-electron chi connectivity index (χ1n) is 11.0. The van der Waals surface area contributed by atoms with Crippen LogP contribution in [0.1, 0.15) is 6.92 Å². The molecule has 1 aromatic heterocycles. The van der Waals surface area contributed by atoms with E-state index in [2.05, 4.69) is 5.32 Å². The van der Waals surface area contributed by atoms with E-state index in [-0.39, 0.29) is 15.5 Å². The molecule has 0 unspecified atom stereocenters. The van der Waals surface area contributed by atoms with Gasteiger partial charge in [0.05, 0.1) is 35.0 Å². The minimum atomic E-state index is -4.15.